The van der Waals surface area contributed by atoms with Crippen molar-refractivity contribution in [2.24, 2.45) is 0 Å². The summed E-state index contributed by atoms with van der Waals surface area (Å²) in [6.45, 7) is 0.405. The van der Waals surface area contributed by atoms with Gasteiger partial charge in [-0.25, -0.2) is 4.39 Å². The van der Waals surface area contributed by atoms with E-state index >= 15 is 0 Å². The average Bonchev–Trinajstić information content (AvgIpc) is 2.71. The first-order chi connectivity index (χ1) is 7.69. The third kappa shape index (κ3) is 2.28. The molecule has 0 spiro atoms. The lowest BCUT2D eigenvalue weighted by molar-refractivity contribution is 0.112. The van der Waals surface area contributed by atoms with Crippen LogP contribution in [0.2, 0.25) is 5.02 Å². The number of hydrogen-bond donors (Lipinski definition) is 0. The second kappa shape index (κ2) is 4.45. The Morgan fingerprint density at radius 3 is 2.94 bits per heavy atom. The van der Waals surface area contributed by atoms with Crippen LogP contribution < -0.4 is 0 Å². The third-order valence-corrected chi connectivity index (χ3v) is 2.42. The SMILES string of the molecule is O=Cc1cnn(Cc2ccc(Cl)c(F)c2)c1. The summed E-state index contributed by atoms with van der Waals surface area (Å²) >= 11 is 5.57. The number of halogens is 2. The van der Waals surface area contributed by atoms with Gasteiger partial charge >= 0.3 is 0 Å². The van der Waals surface area contributed by atoms with Crippen molar-refractivity contribution in [3.8, 4) is 0 Å². The van der Waals surface area contributed by atoms with Gasteiger partial charge in [0.1, 0.15) is 5.82 Å². The van der Waals surface area contributed by atoms with Crippen molar-refractivity contribution in [1.29, 1.82) is 0 Å². The summed E-state index contributed by atoms with van der Waals surface area (Å²) in [6.07, 6.45) is 3.77. The van der Waals surface area contributed by atoms with Gasteiger partial charge < -0.3 is 0 Å². The Bertz CT molecular complexity index is 524. The summed E-state index contributed by atoms with van der Waals surface area (Å²) < 4.78 is 14.7. The lowest BCUT2D eigenvalue weighted by atomic mass is 10.2. The van der Waals surface area contributed by atoms with Crippen LogP contribution in [0.5, 0.6) is 0 Å². The van der Waals surface area contributed by atoms with E-state index in [9.17, 15) is 9.18 Å². The molecule has 0 unspecified atom stereocenters. The van der Waals surface area contributed by atoms with Crippen molar-refractivity contribution < 1.29 is 9.18 Å². The van der Waals surface area contributed by atoms with E-state index in [1.54, 1.807) is 16.9 Å². The fourth-order valence-electron chi connectivity index (χ4n) is 1.35. The van der Waals surface area contributed by atoms with Gasteiger partial charge in [0.25, 0.3) is 0 Å². The highest BCUT2D eigenvalue weighted by molar-refractivity contribution is 6.30. The van der Waals surface area contributed by atoms with E-state index < -0.39 is 5.82 Å². The molecule has 0 fully saturated rings. The van der Waals surface area contributed by atoms with Crippen LogP contribution in [0.25, 0.3) is 0 Å². The standard InChI is InChI=1S/C11H8ClFN2O/c12-10-2-1-8(3-11(10)13)5-15-6-9(7-16)4-14-15/h1-4,6-7H,5H2. The molecule has 82 valence electrons. The van der Waals surface area contributed by atoms with Gasteiger partial charge in [-0.15, -0.1) is 0 Å². The Labute approximate surface area is 96.5 Å². The molecular formula is C11H8ClFN2O. The Kier molecular flexibility index (Phi) is 3.01. The lowest BCUT2D eigenvalue weighted by Crippen LogP contribution is -2.00. The second-order valence-corrected chi connectivity index (χ2v) is 3.74. The van der Waals surface area contributed by atoms with E-state index in [4.69, 9.17) is 11.6 Å². The fourth-order valence-corrected chi connectivity index (χ4v) is 1.47. The largest absolute Gasteiger partial charge is 0.298 e. The molecule has 0 aliphatic heterocycles. The van der Waals surface area contributed by atoms with E-state index in [1.807, 2.05) is 0 Å². The molecule has 0 saturated carbocycles. The van der Waals surface area contributed by atoms with Crippen LogP contribution in [0.3, 0.4) is 0 Å². The Hall–Kier alpha value is -1.68. The molecule has 0 amide bonds. The van der Waals surface area contributed by atoms with Crippen molar-refractivity contribution >= 4 is 17.9 Å². The van der Waals surface area contributed by atoms with Crippen molar-refractivity contribution in [1.82, 2.24) is 9.78 Å². The summed E-state index contributed by atoms with van der Waals surface area (Å²) in [5.74, 6) is -0.457. The van der Waals surface area contributed by atoms with Gasteiger partial charge in [0.15, 0.2) is 6.29 Å². The normalized spacial score (nSPS) is 10.4. The highest BCUT2D eigenvalue weighted by atomic mass is 35.5. The minimum atomic E-state index is -0.457. The molecule has 0 radical (unpaired) electrons. The molecule has 1 heterocycles. The maximum Gasteiger partial charge on any atom is 0.153 e. The number of aldehydes is 1. The van der Waals surface area contributed by atoms with Gasteiger partial charge in [-0.3, -0.25) is 9.48 Å². The number of rotatable bonds is 3. The number of carbonyl (C=O) groups excluding carboxylic acids is 1. The molecule has 0 saturated heterocycles. The molecule has 0 aliphatic rings. The van der Waals surface area contributed by atoms with Crippen molar-refractivity contribution in [3.05, 3.63) is 52.6 Å². The predicted molar refractivity (Wildman–Crippen MR) is 58.1 cm³/mol. The van der Waals surface area contributed by atoms with Gasteiger partial charge in [0.05, 0.1) is 23.3 Å². The van der Waals surface area contributed by atoms with E-state index in [1.165, 1.54) is 18.3 Å². The summed E-state index contributed by atoms with van der Waals surface area (Å²) in [5.41, 5.74) is 1.23. The van der Waals surface area contributed by atoms with Crippen LogP contribution >= 0.6 is 11.6 Å². The van der Waals surface area contributed by atoms with E-state index in [0.29, 0.717) is 18.4 Å². The van der Waals surface area contributed by atoms with Crippen LogP contribution in [-0.2, 0) is 6.54 Å². The second-order valence-electron chi connectivity index (χ2n) is 3.34. The molecule has 1 aromatic carbocycles. The van der Waals surface area contributed by atoms with Crippen molar-refractivity contribution in [2.45, 2.75) is 6.54 Å². The molecule has 0 bridgehead atoms. The minimum Gasteiger partial charge on any atom is -0.298 e. The zero-order valence-electron chi connectivity index (χ0n) is 8.23. The van der Waals surface area contributed by atoms with Gasteiger partial charge in [0.2, 0.25) is 0 Å². The molecule has 2 rings (SSSR count). The maximum atomic E-state index is 13.1. The molecule has 3 nitrogen and oxygen atoms in total. The highest BCUT2D eigenvalue weighted by Crippen LogP contribution is 2.16. The first-order valence-electron chi connectivity index (χ1n) is 4.60. The minimum absolute atomic E-state index is 0.0952. The molecule has 5 heteroatoms. The summed E-state index contributed by atoms with van der Waals surface area (Å²) in [5, 5.41) is 4.06. The Morgan fingerprint density at radius 1 is 1.50 bits per heavy atom. The van der Waals surface area contributed by atoms with Gasteiger partial charge in [0, 0.05) is 6.20 Å². The lowest BCUT2D eigenvalue weighted by Gasteiger charge is -2.02. The molecule has 16 heavy (non-hydrogen) atoms. The van der Waals surface area contributed by atoms with E-state index in [2.05, 4.69) is 5.10 Å². The first-order valence-corrected chi connectivity index (χ1v) is 4.98. The first kappa shape index (κ1) is 10.8. The topological polar surface area (TPSA) is 34.9 Å². The molecule has 2 aromatic rings. The molecule has 0 aliphatic carbocycles. The molecule has 0 N–H and O–H groups in total. The highest BCUT2D eigenvalue weighted by Gasteiger charge is 2.03. The van der Waals surface area contributed by atoms with Crippen LogP contribution in [-0.4, -0.2) is 16.1 Å². The van der Waals surface area contributed by atoms with Crippen LogP contribution in [0.4, 0.5) is 4.39 Å². The number of carbonyl (C=O) groups is 1. The molecule has 0 atom stereocenters. The zero-order valence-corrected chi connectivity index (χ0v) is 8.99. The monoisotopic (exact) mass is 238 g/mol. The van der Waals surface area contributed by atoms with Crippen molar-refractivity contribution in [3.63, 3.8) is 0 Å². The summed E-state index contributed by atoms with van der Waals surface area (Å²) in [6, 6.07) is 4.56. The number of aromatic nitrogens is 2. The van der Waals surface area contributed by atoms with Crippen LogP contribution in [0, 0.1) is 5.82 Å². The van der Waals surface area contributed by atoms with Gasteiger partial charge in [-0.1, -0.05) is 17.7 Å². The summed E-state index contributed by atoms with van der Waals surface area (Å²) in [4.78, 5) is 10.4. The number of benzene rings is 1. The average molecular weight is 239 g/mol. The predicted octanol–water partition coefficient (Wildman–Crippen LogP) is 2.54. The van der Waals surface area contributed by atoms with Gasteiger partial charge in [-0.2, -0.15) is 5.10 Å². The zero-order chi connectivity index (χ0) is 11.5. The third-order valence-electron chi connectivity index (χ3n) is 2.12. The Balaban J connectivity index is 2.20. The number of nitrogens with zero attached hydrogens (tertiary/aromatic N) is 2. The van der Waals surface area contributed by atoms with Crippen molar-refractivity contribution in [2.75, 3.05) is 0 Å². The maximum absolute atomic E-state index is 13.1. The van der Waals surface area contributed by atoms with E-state index in [0.717, 1.165) is 5.56 Å². The number of hydrogen-bond acceptors (Lipinski definition) is 2. The van der Waals surface area contributed by atoms with Crippen LogP contribution in [0.15, 0.2) is 30.6 Å². The van der Waals surface area contributed by atoms with E-state index in [-0.39, 0.29) is 5.02 Å². The van der Waals surface area contributed by atoms with Crippen LogP contribution in [0.1, 0.15) is 15.9 Å². The molecular weight excluding hydrogens is 231 g/mol. The quantitative estimate of drug-likeness (QED) is 0.771. The summed E-state index contributed by atoms with van der Waals surface area (Å²) in [7, 11) is 0. The molecule has 1 aromatic heterocycles. The van der Waals surface area contributed by atoms with Gasteiger partial charge in [-0.05, 0) is 17.7 Å². The smallest absolute Gasteiger partial charge is 0.153 e. The fraction of sp³-hybridized carbons (Fsp3) is 0.0909. The Morgan fingerprint density at radius 2 is 2.31 bits per heavy atom.